The van der Waals surface area contributed by atoms with Gasteiger partial charge in [-0.05, 0) is 6.92 Å². The van der Waals surface area contributed by atoms with E-state index in [9.17, 15) is 9.59 Å². The highest BCUT2D eigenvalue weighted by molar-refractivity contribution is 7.11. The first-order valence-electron chi connectivity index (χ1n) is 5.87. The molecule has 2 heterocycles. The molecule has 2 rings (SSSR count). The molecule has 0 unspecified atom stereocenters. The van der Waals surface area contributed by atoms with Crippen LogP contribution in [0.4, 0.5) is 0 Å². The van der Waals surface area contributed by atoms with Crippen molar-refractivity contribution >= 4 is 11.3 Å². The van der Waals surface area contributed by atoms with Crippen molar-refractivity contribution in [3.05, 3.63) is 48.7 Å². The Labute approximate surface area is 114 Å². The van der Waals surface area contributed by atoms with Gasteiger partial charge in [0, 0.05) is 50.0 Å². The molecule has 19 heavy (non-hydrogen) atoms. The minimum absolute atomic E-state index is 0.284. The third-order valence-electron chi connectivity index (χ3n) is 2.90. The average molecular weight is 280 g/mol. The smallest absolute Gasteiger partial charge is 0.306 e. The van der Waals surface area contributed by atoms with Gasteiger partial charge in [0.2, 0.25) is 0 Å². The Kier molecular flexibility index (Phi) is 3.96. The van der Waals surface area contributed by atoms with Crippen LogP contribution in [0.2, 0.25) is 0 Å². The lowest BCUT2D eigenvalue weighted by Crippen LogP contribution is -2.38. The van der Waals surface area contributed by atoms with Gasteiger partial charge in [-0.1, -0.05) is 0 Å². The molecule has 6 nitrogen and oxygen atoms in total. The highest BCUT2D eigenvalue weighted by atomic mass is 32.1. The second-order valence-corrected chi connectivity index (χ2v) is 5.64. The van der Waals surface area contributed by atoms with E-state index in [1.807, 2.05) is 13.1 Å². The molecule has 0 saturated carbocycles. The highest BCUT2D eigenvalue weighted by Gasteiger charge is 2.05. The summed E-state index contributed by atoms with van der Waals surface area (Å²) in [5.74, 6) is 0. The van der Waals surface area contributed by atoms with Gasteiger partial charge in [-0.15, -0.1) is 11.3 Å². The van der Waals surface area contributed by atoms with Crippen molar-refractivity contribution in [1.82, 2.24) is 19.4 Å². The summed E-state index contributed by atoms with van der Waals surface area (Å²) in [6.45, 7) is 3.10. The fourth-order valence-electron chi connectivity index (χ4n) is 1.75. The van der Waals surface area contributed by atoms with Crippen molar-refractivity contribution < 1.29 is 0 Å². The molecule has 0 aromatic carbocycles. The Morgan fingerprint density at radius 1 is 1.26 bits per heavy atom. The van der Waals surface area contributed by atoms with E-state index in [4.69, 9.17) is 0 Å². The van der Waals surface area contributed by atoms with Crippen molar-refractivity contribution in [3.8, 4) is 0 Å². The maximum absolute atomic E-state index is 11.7. The molecule has 102 valence electrons. The molecular weight excluding hydrogens is 264 g/mol. The number of hydrogen-bond acceptors (Lipinski definition) is 5. The molecule has 2 aromatic heterocycles. The van der Waals surface area contributed by atoms with Gasteiger partial charge in [0.15, 0.2) is 0 Å². The average Bonchev–Trinajstić information content (AvgIpc) is 2.79. The topological polar surface area (TPSA) is 68.9 Å². The van der Waals surface area contributed by atoms with Crippen molar-refractivity contribution in [3.63, 3.8) is 0 Å². The summed E-state index contributed by atoms with van der Waals surface area (Å²) in [4.78, 5) is 28.6. The van der Waals surface area contributed by atoms with Crippen LogP contribution in [0.25, 0.3) is 0 Å². The van der Waals surface area contributed by atoms with Crippen molar-refractivity contribution in [2.24, 2.45) is 14.1 Å². The van der Waals surface area contributed by atoms with Crippen molar-refractivity contribution in [1.29, 1.82) is 0 Å². The molecule has 0 saturated heterocycles. The van der Waals surface area contributed by atoms with Crippen LogP contribution in [-0.2, 0) is 27.2 Å². The zero-order chi connectivity index (χ0) is 14.0. The maximum Gasteiger partial charge on any atom is 0.330 e. The monoisotopic (exact) mass is 280 g/mol. The largest absolute Gasteiger partial charge is 0.330 e. The number of nitrogens with one attached hydrogen (secondary N) is 1. The molecule has 0 amide bonds. The van der Waals surface area contributed by atoms with Crippen LogP contribution in [0.5, 0.6) is 0 Å². The van der Waals surface area contributed by atoms with Gasteiger partial charge in [-0.2, -0.15) is 0 Å². The first-order chi connectivity index (χ1) is 8.99. The number of nitrogens with zero attached hydrogens (tertiary/aromatic N) is 3. The molecule has 0 aliphatic heterocycles. The predicted molar refractivity (Wildman–Crippen MR) is 74.3 cm³/mol. The van der Waals surface area contributed by atoms with E-state index >= 15 is 0 Å². The molecule has 0 aliphatic rings. The van der Waals surface area contributed by atoms with Gasteiger partial charge in [0.1, 0.15) is 0 Å². The standard InChI is InChI=1S/C12H16N4O2S/c1-8-14-7-10(19-8)6-13-5-9-4-11(17)16(3)12(18)15(9)2/h4,7,13H,5-6H2,1-3H3. The lowest BCUT2D eigenvalue weighted by molar-refractivity contribution is 0.602. The van der Waals surface area contributed by atoms with Gasteiger partial charge in [0.25, 0.3) is 5.56 Å². The second kappa shape index (κ2) is 5.50. The van der Waals surface area contributed by atoms with E-state index in [0.717, 1.165) is 14.5 Å². The Morgan fingerprint density at radius 3 is 2.63 bits per heavy atom. The van der Waals surface area contributed by atoms with Crippen molar-refractivity contribution in [2.45, 2.75) is 20.0 Å². The van der Waals surface area contributed by atoms with Crippen LogP contribution in [-0.4, -0.2) is 14.1 Å². The van der Waals surface area contributed by atoms with Crippen LogP contribution in [0.1, 0.15) is 15.6 Å². The lowest BCUT2D eigenvalue weighted by atomic mass is 10.3. The van der Waals surface area contributed by atoms with Crippen LogP contribution in [0, 0.1) is 6.92 Å². The molecule has 1 N–H and O–H groups in total. The zero-order valence-corrected chi connectivity index (χ0v) is 12.0. The van der Waals surface area contributed by atoms with E-state index < -0.39 is 0 Å². The van der Waals surface area contributed by atoms with Crippen molar-refractivity contribution in [2.75, 3.05) is 0 Å². The Balaban J connectivity index is 2.08. The minimum Gasteiger partial charge on any atom is -0.306 e. The first-order valence-corrected chi connectivity index (χ1v) is 6.68. The maximum atomic E-state index is 11.7. The number of hydrogen-bond donors (Lipinski definition) is 1. The van der Waals surface area contributed by atoms with Crippen LogP contribution >= 0.6 is 11.3 Å². The summed E-state index contributed by atoms with van der Waals surface area (Å²) in [7, 11) is 3.14. The summed E-state index contributed by atoms with van der Waals surface area (Å²) < 4.78 is 2.57. The predicted octanol–water partition coefficient (Wildman–Crippen LogP) is 0.139. The Bertz CT molecular complexity index is 698. The van der Waals surface area contributed by atoms with E-state index in [1.165, 1.54) is 17.7 Å². The van der Waals surface area contributed by atoms with Crippen LogP contribution in [0.3, 0.4) is 0 Å². The molecule has 0 aliphatic carbocycles. The Morgan fingerprint density at radius 2 is 2.00 bits per heavy atom. The van der Waals surface area contributed by atoms with Gasteiger partial charge >= 0.3 is 5.69 Å². The number of rotatable bonds is 4. The van der Waals surface area contributed by atoms with Gasteiger partial charge in [-0.25, -0.2) is 9.78 Å². The molecule has 0 fully saturated rings. The molecule has 0 atom stereocenters. The number of thiazole rings is 1. The molecule has 0 spiro atoms. The van der Waals surface area contributed by atoms with Crippen LogP contribution < -0.4 is 16.6 Å². The molecule has 2 aromatic rings. The van der Waals surface area contributed by atoms with E-state index in [0.29, 0.717) is 18.8 Å². The van der Waals surface area contributed by atoms with Gasteiger partial charge in [0.05, 0.1) is 5.01 Å². The number of aromatic nitrogens is 3. The van der Waals surface area contributed by atoms with Gasteiger partial charge < -0.3 is 5.32 Å². The highest BCUT2D eigenvalue weighted by Crippen LogP contribution is 2.10. The number of aryl methyl sites for hydroxylation is 1. The van der Waals surface area contributed by atoms with E-state index in [1.54, 1.807) is 18.4 Å². The second-order valence-electron chi connectivity index (χ2n) is 4.32. The zero-order valence-electron chi connectivity index (χ0n) is 11.1. The fraction of sp³-hybridized carbons (Fsp3) is 0.417. The Hall–Kier alpha value is -1.73. The van der Waals surface area contributed by atoms with Gasteiger partial charge in [-0.3, -0.25) is 13.9 Å². The van der Waals surface area contributed by atoms with E-state index in [2.05, 4.69) is 10.3 Å². The summed E-state index contributed by atoms with van der Waals surface area (Å²) in [6.07, 6.45) is 1.83. The third kappa shape index (κ3) is 2.99. The van der Waals surface area contributed by atoms with Crippen LogP contribution in [0.15, 0.2) is 21.9 Å². The summed E-state index contributed by atoms with van der Waals surface area (Å²) in [6, 6.07) is 1.48. The molecular formula is C12H16N4O2S. The fourth-order valence-corrected chi connectivity index (χ4v) is 2.51. The minimum atomic E-state index is -0.307. The summed E-state index contributed by atoms with van der Waals surface area (Å²) >= 11 is 1.63. The molecule has 0 radical (unpaired) electrons. The molecule has 0 bridgehead atoms. The lowest BCUT2D eigenvalue weighted by Gasteiger charge is -2.09. The summed E-state index contributed by atoms with van der Waals surface area (Å²) in [5, 5.41) is 4.23. The normalized spacial score (nSPS) is 10.9. The van der Waals surface area contributed by atoms with E-state index in [-0.39, 0.29) is 11.2 Å². The first kappa shape index (κ1) is 13.7. The third-order valence-corrected chi connectivity index (χ3v) is 3.81. The summed E-state index contributed by atoms with van der Waals surface area (Å²) in [5.41, 5.74) is 0.0841. The quantitative estimate of drug-likeness (QED) is 0.865. The molecule has 7 heteroatoms. The SMILES string of the molecule is Cc1ncc(CNCc2cc(=O)n(C)c(=O)n2C)s1.